The van der Waals surface area contributed by atoms with Crippen LogP contribution in [0.25, 0.3) is 0 Å². The van der Waals surface area contributed by atoms with Gasteiger partial charge in [0.15, 0.2) is 0 Å². The van der Waals surface area contributed by atoms with Crippen molar-refractivity contribution in [3.8, 4) is 0 Å². The first-order valence-corrected chi connectivity index (χ1v) is 7.30. The number of hydrogen-bond acceptors (Lipinski definition) is 3. The summed E-state index contributed by atoms with van der Waals surface area (Å²) in [6.07, 6.45) is 4.80. The molecular formula is C14H27N3O2. The van der Waals surface area contributed by atoms with Gasteiger partial charge in [0.05, 0.1) is 12.5 Å². The van der Waals surface area contributed by atoms with E-state index in [2.05, 4.69) is 13.8 Å². The standard InChI is InChI=1S/C14H27N3O2/c1-3-4-8-17(9-12(15)18)14(19)11-7-5-6-10(2)13(11)16/h10-11,13H,3-9,16H2,1-2H3,(H2,15,18). The molecule has 5 heteroatoms. The Hall–Kier alpha value is -1.10. The van der Waals surface area contributed by atoms with Crippen LogP contribution < -0.4 is 11.5 Å². The molecule has 1 aliphatic rings. The first-order chi connectivity index (χ1) is 8.97. The third kappa shape index (κ3) is 4.49. The normalized spacial score (nSPS) is 27.0. The fourth-order valence-corrected chi connectivity index (χ4v) is 2.77. The van der Waals surface area contributed by atoms with Crippen LogP contribution in [0.1, 0.15) is 46.0 Å². The molecule has 5 nitrogen and oxygen atoms in total. The number of carbonyl (C=O) groups is 2. The molecule has 0 bridgehead atoms. The second kappa shape index (κ2) is 7.48. The Kier molecular flexibility index (Phi) is 6.28. The molecule has 0 spiro atoms. The van der Waals surface area contributed by atoms with E-state index in [-0.39, 0.29) is 24.4 Å². The molecule has 0 aromatic rings. The van der Waals surface area contributed by atoms with E-state index in [0.29, 0.717) is 12.5 Å². The number of amides is 2. The van der Waals surface area contributed by atoms with Gasteiger partial charge in [-0.1, -0.05) is 26.7 Å². The zero-order chi connectivity index (χ0) is 14.4. The summed E-state index contributed by atoms with van der Waals surface area (Å²) in [5.74, 6) is -0.238. The Morgan fingerprint density at radius 2 is 2.00 bits per heavy atom. The lowest BCUT2D eigenvalue weighted by molar-refractivity contribution is -0.140. The molecule has 3 atom stereocenters. The van der Waals surface area contributed by atoms with Gasteiger partial charge >= 0.3 is 0 Å². The van der Waals surface area contributed by atoms with Crippen molar-refractivity contribution >= 4 is 11.8 Å². The highest BCUT2D eigenvalue weighted by Gasteiger charge is 2.35. The van der Waals surface area contributed by atoms with Gasteiger partial charge in [0.1, 0.15) is 0 Å². The van der Waals surface area contributed by atoms with Gasteiger partial charge in [-0.25, -0.2) is 0 Å². The molecular weight excluding hydrogens is 242 g/mol. The molecule has 2 amide bonds. The third-order valence-corrected chi connectivity index (χ3v) is 4.05. The Morgan fingerprint density at radius 3 is 2.58 bits per heavy atom. The van der Waals surface area contributed by atoms with Crippen LogP contribution in [0.3, 0.4) is 0 Å². The van der Waals surface area contributed by atoms with Gasteiger partial charge in [0.2, 0.25) is 11.8 Å². The van der Waals surface area contributed by atoms with Crippen LogP contribution >= 0.6 is 0 Å². The van der Waals surface area contributed by atoms with E-state index in [0.717, 1.165) is 32.1 Å². The maximum Gasteiger partial charge on any atom is 0.237 e. The molecule has 3 unspecified atom stereocenters. The largest absolute Gasteiger partial charge is 0.368 e. The monoisotopic (exact) mass is 269 g/mol. The lowest BCUT2D eigenvalue weighted by Crippen LogP contribution is -2.50. The molecule has 0 heterocycles. The van der Waals surface area contributed by atoms with Crippen molar-refractivity contribution in [1.29, 1.82) is 0 Å². The molecule has 0 aromatic carbocycles. The average molecular weight is 269 g/mol. The minimum absolute atomic E-state index is 0.00583. The van der Waals surface area contributed by atoms with Crippen LogP contribution in [0.4, 0.5) is 0 Å². The number of rotatable bonds is 6. The van der Waals surface area contributed by atoms with Gasteiger partial charge in [0, 0.05) is 12.6 Å². The maximum absolute atomic E-state index is 12.5. The summed E-state index contributed by atoms with van der Waals surface area (Å²) in [5, 5.41) is 0. The highest BCUT2D eigenvalue weighted by Crippen LogP contribution is 2.29. The van der Waals surface area contributed by atoms with Crippen molar-refractivity contribution in [2.75, 3.05) is 13.1 Å². The summed E-state index contributed by atoms with van der Waals surface area (Å²) >= 11 is 0. The Bertz CT molecular complexity index is 320. The number of nitrogens with two attached hydrogens (primary N) is 2. The van der Waals surface area contributed by atoms with Crippen molar-refractivity contribution in [3.05, 3.63) is 0 Å². The molecule has 0 aliphatic heterocycles. The molecule has 0 aromatic heterocycles. The van der Waals surface area contributed by atoms with E-state index < -0.39 is 5.91 Å². The number of nitrogens with zero attached hydrogens (tertiary/aromatic N) is 1. The number of hydrogen-bond donors (Lipinski definition) is 2. The fraction of sp³-hybridized carbons (Fsp3) is 0.857. The predicted molar refractivity (Wildman–Crippen MR) is 75.2 cm³/mol. The van der Waals surface area contributed by atoms with Gasteiger partial charge in [-0.05, 0) is 25.2 Å². The molecule has 1 aliphatic carbocycles. The summed E-state index contributed by atoms with van der Waals surface area (Å²) < 4.78 is 0. The minimum atomic E-state index is -0.457. The Morgan fingerprint density at radius 1 is 1.32 bits per heavy atom. The second-order valence-electron chi connectivity index (χ2n) is 5.67. The van der Waals surface area contributed by atoms with Crippen molar-refractivity contribution in [1.82, 2.24) is 4.90 Å². The molecule has 0 radical (unpaired) electrons. The average Bonchev–Trinajstić information content (AvgIpc) is 2.36. The number of unbranched alkanes of at least 4 members (excludes halogenated alkanes) is 1. The molecule has 110 valence electrons. The van der Waals surface area contributed by atoms with Gasteiger partial charge < -0.3 is 16.4 Å². The van der Waals surface area contributed by atoms with Crippen LogP contribution in [0.2, 0.25) is 0 Å². The Balaban J connectivity index is 2.70. The highest BCUT2D eigenvalue weighted by molar-refractivity contribution is 5.85. The van der Waals surface area contributed by atoms with Crippen LogP contribution in [0.15, 0.2) is 0 Å². The smallest absolute Gasteiger partial charge is 0.237 e. The SMILES string of the molecule is CCCCN(CC(N)=O)C(=O)C1CCCC(C)C1N. The lowest BCUT2D eigenvalue weighted by atomic mass is 9.77. The van der Waals surface area contributed by atoms with Crippen molar-refractivity contribution in [2.24, 2.45) is 23.3 Å². The summed E-state index contributed by atoms with van der Waals surface area (Å²) in [4.78, 5) is 25.2. The van der Waals surface area contributed by atoms with Crippen molar-refractivity contribution < 1.29 is 9.59 Å². The maximum atomic E-state index is 12.5. The van der Waals surface area contributed by atoms with Gasteiger partial charge in [-0.15, -0.1) is 0 Å². The molecule has 4 N–H and O–H groups in total. The first-order valence-electron chi connectivity index (χ1n) is 7.30. The van der Waals surface area contributed by atoms with Crippen molar-refractivity contribution in [2.45, 2.75) is 52.0 Å². The summed E-state index contributed by atoms with van der Waals surface area (Å²) in [6.45, 7) is 4.75. The number of carbonyl (C=O) groups excluding carboxylic acids is 2. The van der Waals surface area contributed by atoms with Gasteiger partial charge in [0.25, 0.3) is 0 Å². The topological polar surface area (TPSA) is 89.4 Å². The van der Waals surface area contributed by atoms with E-state index >= 15 is 0 Å². The van der Waals surface area contributed by atoms with E-state index in [4.69, 9.17) is 11.5 Å². The summed E-state index contributed by atoms with van der Waals surface area (Å²) in [7, 11) is 0. The van der Waals surface area contributed by atoms with Crippen molar-refractivity contribution in [3.63, 3.8) is 0 Å². The van der Waals surface area contributed by atoms with Gasteiger partial charge in [-0.3, -0.25) is 9.59 Å². The summed E-state index contributed by atoms with van der Waals surface area (Å²) in [6, 6.07) is -0.0988. The minimum Gasteiger partial charge on any atom is -0.368 e. The molecule has 1 rings (SSSR count). The zero-order valence-corrected chi connectivity index (χ0v) is 12.1. The molecule has 19 heavy (non-hydrogen) atoms. The predicted octanol–water partition coefficient (Wildman–Crippen LogP) is 0.864. The first kappa shape index (κ1) is 16.0. The van der Waals surface area contributed by atoms with E-state index in [1.165, 1.54) is 0 Å². The van der Waals surface area contributed by atoms with E-state index in [1.54, 1.807) is 4.90 Å². The highest BCUT2D eigenvalue weighted by atomic mass is 16.2. The van der Waals surface area contributed by atoms with Crippen LogP contribution in [-0.4, -0.2) is 35.8 Å². The van der Waals surface area contributed by atoms with Crippen LogP contribution in [0, 0.1) is 11.8 Å². The number of primary amides is 1. The van der Waals surface area contributed by atoms with E-state index in [1.807, 2.05) is 0 Å². The lowest BCUT2D eigenvalue weighted by Gasteiger charge is -2.36. The van der Waals surface area contributed by atoms with Crippen LogP contribution in [0.5, 0.6) is 0 Å². The molecule has 1 saturated carbocycles. The second-order valence-corrected chi connectivity index (χ2v) is 5.67. The third-order valence-electron chi connectivity index (χ3n) is 4.05. The summed E-state index contributed by atoms with van der Waals surface area (Å²) in [5.41, 5.74) is 11.4. The Labute approximate surface area is 115 Å². The zero-order valence-electron chi connectivity index (χ0n) is 12.1. The van der Waals surface area contributed by atoms with Gasteiger partial charge in [-0.2, -0.15) is 0 Å². The molecule has 1 fully saturated rings. The van der Waals surface area contributed by atoms with Crippen LogP contribution in [-0.2, 0) is 9.59 Å². The van der Waals surface area contributed by atoms with E-state index in [9.17, 15) is 9.59 Å². The quantitative estimate of drug-likeness (QED) is 0.749. The fourth-order valence-electron chi connectivity index (χ4n) is 2.77. The molecule has 0 saturated heterocycles.